The maximum atomic E-state index is 12.1. The van der Waals surface area contributed by atoms with Crippen molar-refractivity contribution < 1.29 is 8.42 Å². The van der Waals surface area contributed by atoms with E-state index in [0.717, 1.165) is 28.8 Å². The van der Waals surface area contributed by atoms with Gasteiger partial charge in [0.15, 0.2) is 0 Å². The highest BCUT2D eigenvalue weighted by atomic mass is 35.5. The molecular formula is C16H21ClN2O2S. The average Bonchev–Trinajstić information content (AvgIpc) is 2.90. The van der Waals surface area contributed by atoms with Crippen LogP contribution in [0.25, 0.3) is 10.9 Å². The first-order valence-corrected chi connectivity index (χ1v) is 9.74. The Morgan fingerprint density at radius 3 is 2.73 bits per heavy atom. The number of hydrogen-bond acceptors (Lipinski definition) is 2. The van der Waals surface area contributed by atoms with E-state index in [4.69, 9.17) is 11.6 Å². The third kappa shape index (κ3) is 3.03. The van der Waals surface area contributed by atoms with Crippen LogP contribution in [0.15, 0.2) is 24.4 Å². The number of sulfonamides is 1. The molecule has 2 aromatic rings. The minimum atomic E-state index is -3.07. The topological polar surface area (TPSA) is 53.2 Å². The van der Waals surface area contributed by atoms with E-state index >= 15 is 0 Å². The maximum Gasteiger partial charge on any atom is 0.214 e. The molecule has 1 saturated heterocycles. The van der Waals surface area contributed by atoms with Gasteiger partial charge >= 0.3 is 0 Å². The summed E-state index contributed by atoms with van der Waals surface area (Å²) in [7, 11) is -3.07. The van der Waals surface area contributed by atoms with Gasteiger partial charge in [-0.2, -0.15) is 0 Å². The lowest BCUT2D eigenvalue weighted by atomic mass is 9.90. The monoisotopic (exact) mass is 340 g/mol. The van der Waals surface area contributed by atoms with E-state index in [0.29, 0.717) is 25.4 Å². The zero-order chi connectivity index (χ0) is 15.7. The normalized spacial score (nSPS) is 18.1. The van der Waals surface area contributed by atoms with E-state index in [1.54, 1.807) is 4.31 Å². The lowest BCUT2D eigenvalue weighted by molar-refractivity contribution is 0.320. The van der Waals surface area contributed by atoms with Crippen LogP contribution < -0.4 is 0 Å². The number of nitrogens with zero attached hydrogens (tertiary/aromatic N) is 1. The number of hydrogen-bond donors (Lipinski definition) is 1. The molecule has 6 heteroatoms. The highest BCUT2D eigenvalue weighted by Crippen LogP contribution is 2.34. The molecule has 2 heterocycles. The molecule has 0 atom stereocenters. The summed E-state index contributed by atoms with van der Waals surface area (Å²) in [6.45, 7) is 3.13. The molecule has 22 heavy (non-hydrogen) atoms. The van der Waals surface area contributed by atoms with Crippen LogP contribution in [0, 0.1) is 0 Å². The van der Waals surface area contributed by atoms with Crippen molar-refractivity contribution in [2.24, 2.45) is 0 Å². The van der Waals surface area contributed by atoms with Crippen molar-refractivity contribution in [2.75, 3.05) is 18.8 Å². The minimum Gasteiger partial charge on any atom is -0.361 e. The summed E-state index contributed by atoms with van der Waals surface area (Å²) in [5.74, 6) is 0.640. The second-order valence-corrected chi connectivity index (χ2v) is 8.45. The van der Waals surface area contributed by atoms with Crippen molar-refractivity contribution in [1.82, 2.24) is 9.29 Å². The fourth-order valence-corrected chi connectivity index (χ4v) is 5.00. The van der Waals surface area contributed by atoms with E-state index in [1.807, 2.05) is 31.3 Å². The van der Waals surface area contributed by atoms with Gasteiger partial charge in [0.2, 0.25) is 10.0 Å². The number of nitrogens with one attached hydrogen (secondary N) is 1. The molecule has 3 rings (SSSR count). The van der Waals surface area contributed by atoms with Crippen molar-refractivity contribution >= 4 is 32.5 Å². The van der Waals surface area contributed by atoms with E-state index in [9.17, 15) is 8.42 Å². The fourth-order valence-electron chi connectivity index (χ4n) is 3.28. The molecule has 0 bridgehead atoms. The molecule has 0 amide bonds. The summed E-state index contributed by atoms with van der Waals surface area (Å²) in [6, 6.07) is 5.86. The Balaban J connectivity index is 1.77. The van der Waals surface area contributed by atoms with Gasteiger partial charge in [0.25, 0.3) is 0 Å². The quantitative estimate of drug-likeness (QED) is 0.921. The van der Waals surface area contributed by atoms with Gasteiger partial charge in [-0.05, 0) is 48.9 Å². The maximum absolute atomic E-state index is 12.1. The standard InChI is InChI=1S/C16H21ClN2O2S/c1-2-9-22(20,21)19-7-5-12(6-8-19)15-11-18-16-4-3-13(17)10-14(15)16/h3-4,10-12,18H,2,5-9H2,1H3. The molecule has 1 aliphatic rings. The van der Waals surface area contributed by atoms with Crippen LogP contribution in [0.5, 0.6) is 0 Å². The van der Waals surface area contributed by atoms with Crippen LogP contribution in [0.4, 0.5) is 0 Å². The minimum absolute atomic E-state index is 0.250. The first kappa shape index (κ1) is 15.8. The molecule has 1 fully saturated rings. The van der Waals surface area contributed by atoms with Crippen molar-refractivity contribution in [3.63, 3.8) is 0 Å². The van der Waals surface area contributed by atoms with Crippen molar-refractivity contribution in [3.8, 4) is 0 Å². The molecule has 1 aromatic heterocycles. The fraction of sp³-hybridized carbons (Fsp3) is 0.500. The Labute approximate surface area is 136 Å². The van der Waals surface area contributed by atoms with Gasteiger partial charge < -0.3 is 4.98 Å². The Morgan fingerprint density at radius 2 is 2.05 bits per heavy atom. The molecule has 0 unspecified atom stereocenters. The van der Waals surface area contributed by atoms with E-state index in [1.165, 1.54) is 5.56 Å². The second-order valence-electron chi connectivity index (χ2n) is 5.92. The SMILES string of the molecule is CCCS(=O)(=O)N1CCC(c2c[nH]c3ccc(Cl)cc23)CC1. The second kappa shape index (κ2) is 6.22. The molecule has 1 aromatic carbocycles. The first-order valence-electron chi connectivity index (χ1n) is 7.75. The lowest BCUT2D eigenvalue weighted by Crippen LogP contribution is -2.39. The molecule has 0 saturated carbocycles. The molecule has 4 nitrogen and oxygen atoms in total. The number of halogens is 1. The Hall–Kier alpha value is -1.04. The number of H-pyrrole nitrogens is 1. The van der Waals surface area contributed by atoms with Crippen molar-refractivity contribution in [1.29, 1.82) is 0 Å². The van der Waals surface area contributed by atoms with E-state index < -0.39 is 10.0 Å². The summed E-state index contributed by atoms with van der Waals surface area (Å²) in [5, 5.41) is 1.89. The van der Waals surface area contributed by atoms with Crippen LogP contribution in [0.3, 0.4) is 0 Å². The van der Waals surface area contributed by atoms with E-state index in [2.05, 4.69) is 4.98 Å². The van der Waals surface area contributed by atoms with E-state index in [-0.39, 0.29) is 5.75 Å². The summed E-state index contributed by atoms with van der Waals surface area (Å²) >= 11 is 6.10. The van der Waals surface area contributed by atoms with Gasteiger partial charge in [-0.15, -0.1) is 0 Å². The predicted molar refractivity (Wildman–Crippen MR) is 90.9 cm³/mol. The Bertz CT molecular complexity index is 762. The number of benzene rings is 1. The summed E-state index contributed by atoms with van der Waals surface area (Å²) in [6.07, 6.45) is 4.44. The molecule has 1 aliphatic heterocycles. The zero-order valence-electron chi connectivity index (χ0n) is 12.7. The number of aromatic amines is 1. The highest BCUT2D eigenvalue weighted by molar-refractivity contribution is 7.89. The number of fused-ring (bicyclic) bond motifs is 1. The Morgan fingerprint density at radius 1 is 1.32 bits per heavy atom. The average molecular weight is 341 g/mol. The zero-order valence-corrected chi connectivity index (χ0v) is 14.3. The summed E-state index contributed by atoms with van der Waals surface area (Å²) in [4.78, 5) is 3.28. The third-order valence-electron chi connectivity index (χ3n) is 4.43. The van der Waals surface area contributed by atoms with Crippen molar-refractivity contribution in [2.45, 2.75) is 32.1 Å². The third-order valence-corrected chi connectivity index (χ3v) is 6.74. The summed E-state index contributed by atoms with van der Waals surface area (Å²) in [5.41, 5.74) is 2.34. The smallest absolute Gasteiger partial charge is 0.214 e. The summed E-state index contributed by atoms with van der Waals surface area (Å²) < 4.78 is 25.9. The number of piperidine rings is 1. The molecule has 0 radical (unpaired) electrons. The molecule has 120 valence electrons. The van der Waals surface area contributed by atoms with Gasteiger partial charge in [-0.25, -0.2) is 12.7 Å². The van der Waals surface area contributed by atoms with Crippen molar-refractivity contribution in [3.05, 3.63) is 35.0 Å². The van der Waals surface area contributed by atoms with Gasteiger partial charge in [0, 0.05) is 35.2 Å². The van der Waals surface area contributed by atoms with Crippen LogP contribution in [-0.2, 0) is 10.0 Å². The van der Waals surface area contributed by atoms with Gasteiger partial charge in [0.05, 0.1) is 5.75 Å². The van der Waals surface area contributed by atoms with Gasteiger partial charge in [-0.3, -0.25) is 0 Å². The van der Waals surface area contributed by atoms with Gasteiger partial charge in [-0.1, -0.05) is 18.5 Å². The van der Waals surface area contributed by atoms with Crippen LogP contribution in [0.2, 0.25) is 5.02 Å². The number of aromatic nitrogens is 1. The van der Waals surface area contributed by atoms with Crippen LogP contribution in [-0.4, -0.2) is 36.5 Å². The number of rotatable bonds is 4. The molecule has 0 aliphatic carbocycles. The van der Waals surface area contributed by atoms with Crippen LogP contribution in [0.1, 0.15) is 37.7 Å². The highest BCUT2D eigenvalue weighted by Gasteiger charge is 2.28. The molecular weight excluding hydrogens is 320 g/mol. The first-order chi connectivity index (χ1) is 10.5. The lowest BCUT2D eigenvalue weighted by Gasteiger charge is -2.31. The largest absolute Gasteiger partial charge is 0.361 e. The van der Waals surface area contributed by atoms with Gasteiger partial charge in [0.1, 0.15) is 0 Å². The molecule has 0 spiro atoms. The molecule has 1 N–H and O–H groups in total. The predicted octanol–water partition coefficient (Wildman–Crippen LogP) is 3.74. The van der Waals surface area contributed by atoms with Crippen LogP contribution >= 0.6 is 11.6 Å². The Kier molecular flexibility index (Phi) is 4.48.